The van der Waals surface area contributed by atoms with E-state index in [-0.39, 0.29) is 28.0 Å². The van der Waals surface area contributed by atoms with E-state index < -0.39 is 21.2 Å². The Morgan fingerprint density at radius 3 is 2.35 bits per heavy atom. The molecule has 0 aliphatic rings. The smallest absolute Gasteiger partial charge is 0.415 e. The summed E-state index contributed by atoms with van der Waals surface area (Å²) in [5.41, 5.74) is -2.23. The van der Waals surface area contributed by atoms with Crippen LogP contribution < -0.4 is 10.4 Å². The Kier molecular flexibility index (Phi) is 3.10. The highest BCUT2D eigenvalue weighted by molar-refractivity contribution is 5.87. The molecule has 2 rings (SSSR count). The van der Waals surface area contributed by atoms with Crippen LogP contribution in [0.1, 0.15) is 5.56 Å². The van der Waals surface area contributed by atoms with Crippen molar-refractivity contribution in [2.75, 3.05) is 7.11 Å². The molecule has 0 aliphatic heterocycles. The van der Waals surface area contributed by atoms with Gasteiger partial charge in [0.25, 0.3) is 0 Å². The van der Waals surface area contributed by atoms with Crippen molar-refractivity contribution in [1.82, 2.24) is 0 Å². The van der Waals surface area contributed by atoms with Gasteiger partial charge in [-0.25, -0.2) is 4.79 Å². The molecule has 0 N–H and O–H groups in total. The Labute approximate surface area is 110 Å². The molecule has 104 valence electrons. The van der Waals surface area contributed by atoms with Crippen LogP contribution in [0.25, 0.3) is 11.0 Å². The third-order valence-electron chi connectivity index (χ3n) is 2.82. The molecule has 0 saturated heterocycles. The first-order chi connectivity index (χ1) is 9.36. The van der Waals surface area contributed by atoms with Crippen LogP contribution in [0.5, 0.6) is 5.75 Å². The average Bonchev–Trinajstić information content (AvgIpc) is 2.36. The molecule has 0 bridgehead atoms. The Morgan fingerprint density at radius 2 is 1.85 bits per heavy atom. The minimum atomic E-state index is -1.11. The maximum Gasteiger partial charge on any atom is 0.415 e. The number of aryl methyl sites for hydroxylation is 1. The van der Waals surface area contributed by atoms with Gasteiger partial charge in [0.1, 0.15) is 5.58 Å². The molecular formula is C11H8N2O7. The summed E-state index contributed by atoms with van der Waals surface area (Å²) in [5.74, 6) is -0.0982. The fraction of sp³-hybridized carbons (Fsp3) is 0.182. The number of nitro benzene ring substituents is 1. The topological polar surface area (TPSA) is 126 Å². The molecule has 9 heteroatoms. The Morgan fingerprint density at radius 1 is 1.20 bits per heavy atom. The number of nitro groups is 2. The fourth-order valence-electron chi connectivity index (χ4n) is 1.87. The van der Waals surface area contributed by atoms with Crippen LogP contribution in [0.2, 0.25) is 0 Å². The van der Waals surface area contributed by atoms with Gasteiger partial charge in [0.15, 0.2) is 0 Å². The molecule has 1 heterocycles. The van der Waals surface area contributed by atoms with Crippen LogP contribution in [0.4, 0.5) is 11.4 Å². The number of benzene rings is 1. The van der Waals surface area contributed by atoms with Gasteiger partial charge in [-0.2, -0.15) is 0 Å². The molecule has 0 spiro atoms. The van der Waals surface area contributed by atoms with Crippen LogP contribution in [0, 0.1) is 27.2 Å². The summed E-state index contributed by atoms with van der Waals surface area (Å²) < 4.78 is 9.65. The quantitative estimate of drug-likeness (QED) is 0.477. The Balaban J connectivity index is 2.94. The average molecular weight is 280 g/mol. The lowest BCUT2D eigenvalue weighted by molar-refractivity contribution is -0.387. The number of hydrogen-bond acceptors (Lipinski definition) is 7. The lowest BCUT2D eigenvalue weighted by Crippen LogP contribution is -2.09. The molecular weight excluding hydrogens is 272 g/mol. The van der Waals surface area contributed by atoms with E-state index in [1.54, 1.807) is 0 Å². The highest BCUT2D eigenvalue weighted by Crippen LogP contribution is 2.34. The molecule has 1 aromatic carbocycles. The largest absolute Gasteiger partial charge is 0.490 e. The molecule has 0 atom stereocenters. The Hall–Kier alpha value is -2.97. The number of hydrogen-bond donors (Lipinski definition) is 0. The third-order valence-corrected chi connectivity index (χ3v) is 2.82. The van der Waals surface area contributed by atoms with E-state index in [0.29, 0.717) is 0 Å². The van der Waals surface area contributed by atoms with Crippen molar-refractivity contribution in [2.24, 2.45) is 0 Å². The minimum absolute atomic E-state index is 0.00648. The first-order valence-corrected chi connectivity index (χ1v) is 5.31. The summed E-state index contributed by atoms with van der Waals surface area (Å²) in [7, 11) is 1.23. The van der Waals surface area contributed by atoms with E-state index in [1.165, 1.54) is 14.0 Å². The molecule has 0 amide bonds. The SMILES string of the molecule is COc1cc2oc(=O)c([N+](=O)[O-])c(C)c2cc1[N+](=O)[O-]. The van der Waals surface area contributed by atoms with Gasteiger partial charge < -0.3 is 9.15 Å². The van der Waals surface area contributed by atoms with Crippen molar-refractivity contribution >= 4 is 22.3 Å². The van der Waals surface area contributed by atoms with E-state index in [4.69, 9.17) is 9.15 Å². The molecule has 2 aromatic rings. The summed E-state index contributed by atoms with van der Waals surface area (Å²) >= 11 is 0. The molecule has 0 aliphatic carbocycles. The predicted molar refractivity (Wildman–Crippen MR) is 67.1 cm³/mol. The first-order valence-electron chi connectivity index (χ1n) is 5.31. The van der Waals surface area contributed by atoms with Crippen LogP contribution in [0.15, 0.2) is 21.3 Å². The van der Waals surface area contributed by atoms with E-state index >= 15 is 0 Å². The number of nitrogens with zero attached hydrogens (tertiary/aromatic N) is 2. The first kappa shape index (κ1) is 13.5. The summed E-state index contributed by atoms with van der Waals surface area (Å²) in [6.07, 6.45) is 0. The molecule has 0 fully saturated rings. The van der Waals surface area contributed by atoms with E-state index in [2.05, 4.69) is 0 Å². The zero-order valence-corrected chi connectivity index (χ0v) is 10.4. The summed E-state index contributed by atoms with van der Waals surface area (Å²) in [6.45, 7) is 1.33. The van der Waals surface area contributed by atoms with Gasteiger partial charge in [-0.1, -0.05) is 0 Å². The maximum atomic E-state index is 11.5. The summed E-state index contributed by atoms with van der Waals surface area (Å²) in [5, 5.41) is 21.9. The van der Waals surface area contributed by atoms with Gasteiger partial charge in [0, 0.05) is 23.1 Å². The third kappa shape index (κ3) is 1.94. The number of ether oxygens (including phenoxy) is 1. The van der Waals surface area contributed by atoms with Crippen molar-refractivity contribution in [3.63, 3.8) is 0 Å². The number of methoxy groups -OCH3 is 1. The summed E-state index contributed by atoms with van der Waals surface area (Å²) in [6, 6.07) is 2.24. The minimum Gasteiger partial charge on any atom is -0.490 e. The van der Waals surface area contributed by atoms with Crippen LogP contribution in [0.3, 0.4) is 0 Å². The van der Waals surface area contributed by atoms with Gasteiger partial charge >= 0.3 is 17.0 Å². The normalized spacial score (nSPS) is 10.5. The molecule has 0 radical (unpaired) electrons. The number of rotatable bonds is 3. The van der Waals surface area contributed by atoms with E-state index in [0.717, 1.165) is 12.1 Å². The predicted octanol–water partition coefficient (Wildman–Crippen LogP) is 1.93. The van der Waals surface area contributed by atoms with Crippen molar-refractivity contribution in [2.45, 2.75) is 6.92 Å². The zero-order valence-electron chi connectivity index (χ0n) is 10.4. The van der Waals surface area contributed by atoms with E-state index in [9.17, 15) is 25.0 Å². The second-order valence-corrected chi connectivity index (χ2v) is 3.90. The maximum absolute atomic E-state index is 11.5. The van der Waals surface area contributed by atoms with Crippen molar-refractivity contribution in [3.05, 3.63) is 48.3 Å². The Bertz CT molecular complexity index is 793. The van der Waals surface area contributed by atoms with Gasteiger partial charge in [-0.15, -0.1) is 0 Å². The highest BCUT2D eigenvalue weighted by atomic mass is 16.6. The van der Waals surface area contributed by atoms with Gasteiger partial charge in [-0.05, 0) is 6.92 Å². The standard InChI is InChI=1S/C11H8N2O7/c1-5-6-3-7(12(15)16)9(19-2)4-8(6)20-11(14)10(5)13(17)18/h3-4H,1-2H3. The second-order valence-electron chi connectivity index (χ2n) is 3.90. The van der Waals surface area contributed by atoms with Gasteiger partial charge in [0.2, 0.25) is 5.75 Å². The number of fused-ring (bicyclic) bond motifs is 1. The molecule has 20 heavy (non-hydrogen) atoms. The van der Waals surface area contributed by atoms with Crippen LogP contribution in [-0.4, -0.2) is 17.0 Å². The molecule has 0 unspecified atom stereocenters. The molecule has 9 nitrogen and oxygen atoms in total. The van der Waals surface area contributed by atoms with E-state index in [1.807, 2.05) is 0 Å². The molecule has 1 aromatic heterocycles. The summed E-state index contributed by atoms with van der Waals surface area (Å²) in [4.78, 5) is 31.7. The van der Waals surface area contributed by atoms with Crippen LogP contribution in [-0.2, 0) is 0 Å². The van der Waals surface area contributed by atoms with Gasteiger partial charge in [0.05, 0.1) is 17.0 Å². The lowest BCUT2D eigenvalue weighted by Gasteiger charge is -2.05. The lowest BCUT2D eigenvalue weighted by atomic mass is 10.1. The monoisotopic (exact) mass is 280 g/mol. The van der Waals surface area contributed by atoms with Crippen molar-refractivity contribution in [1.29, 1.82) is 0 Å². The zero-order chi connectivity index (χ0) is 15.0. The van der Waals surface area contributed by atoms with Crippen LogP contribution >= 0.6 is 0 Å². The van der Waals surface area contributed by atoms with Gasteiger partial charge in [-0.3, -0.25) is 20.2 Å². The fourth-order valence-corrected chi connectivity index (χ4v) is 1.87. The second kappa shape index (κ2) is 4.61. The van der Waals surface area contributed by atoms with Crippen molar-refractivity contribution < 1.29 is 19.0 Å². The van der Waals surface area contributed by atoms with Crippen molar-refractivity contribution in [3.8, 4) is 5.75 Å². The molecule has 0 saturated carbocycles. The highest BCUT2D eigenvalue weighted by Gasteiger charge is 2.25.